The number of carboxylic acid groups (broad SMARTS) is 1. The van der Waals surface area contributed by atoms with Crippen molar-refractivity contribution in [2.75, 3.05) is 5.73 Å². The van der Waals surface area contributed by atoms with Crippen molar-refractivity contribution >= 4 is 23.6 Å². The first-order valence-corrected chi connectivity index (χ1v) is 6.11. The number of nitrogens with zero attached hydrogens (tertiary/aromatic N) is 1. The fraction of sp³-hybridized carbons (Fsp3) is 0.0667. The van der Waals surface area contributed by atoms with E-state index in [0.29, 0.717) is 5.56 Å². The molecule has 0 aliphatic heterocycles. The van der Waals surface area contributed by atoms with Gasteiger partial charge in [0.05, 0.1) is 16.8 Å². The zero-order valence-corrected chi connectivity index (χ0v) is 11.1. The number of hydrogen-bond donors (Lipinski definition) is 2. The minimum Gasteiger partial charge on any atom is -0.478 e. The molecule has 2 aromatic carbocycles. The van der Waals surface area contributed by atoms with E-state index in [9.17, 15) is 18.0 Å². The Balaban J connectivity index is 2.33. The molecule has 114 valence electrons. The molecule has 0 bridgehead atoms. The number of nitrogen functional groups attached to an aromatic ring is 1. The van der Waals surface area contributed by atoms with Gasteiger partial charge in [-0.05, 0) is 36.4 Å². The van der Waals surface area contributed by atoms with Crippen LogP contribution in [0, 0.1) is 0 Å². The highest BCUT2D eigenvalue weighted by atomic mass is 19.4. The minimum absolute atomic E-state index is 0.0136. The maximum atomic E-state index is 12.6. The zero-order valence-electron chi connectivity index (χ0n) is 11.1. The van der Waals surface area contributed by atoms with Crippen molar-refractivity contribution < 1.29 is 23.1 Å². The SMILES string of the molecule is Nc1ccc(C(=O)O)cc1C=Nc1cccc(C(F)(F)F)c1. The first-order chi connectivity index (χ1) is 10.3. The van der Waals surface area contributed by atoms with E-state index in [4.69, 9.17) is 10.8 Å². The molecule has 2 aromatic rings. The summed E-state index contributed by atoms with van der Waals surface area (Å²) in [6.45, 7) is 0. The molecule has 0 atom stereocenters. The number of carboxylic acids is 1. The van der Waals surface area contributed by atoms with Crippen LogP contribution in [0.5, 0.6) is 0 Å². The van der Waals surface area contributed by atoms with Crippen molar-refractivity contribution in [3.05, 3.63) is 59.2 Å². The number of alkyl halides is 3. The highest BCUT2D eigenvalue weighted by Gasteiger charge is 2.30. The lowest BCUT2D eigenvalue weighted by Gasteiger charge is -2.06. The van der Waals surface area contributed by atoms with Gasteiger partial charge in [0.15, 0.2) is 0 Å². The lowest BCUT2D eigenvalue weighted by atomic mass is 10.1. The molecule has 0 amide bonds. The van der Waals surface area contributed by atoms with Crippen molar-refractivity contribution in [1.82, 2.24) is 0 Å². The third kappa shape index (κ3) is 3.63. The van der Waals surface area contributed by atoms with Crippen LogP contribution in [0.4, 0.5) is 24.5 Å². The molecule has 0 aliphatic carbocycles. The van der Waals surface area contributed by atoms with Crippen LogP contribution < -0.4 is 5.73 Å². The van der Waals surface area contributed by atoms with Crippen LogP contribution in [0.3, 0.4) is 0 Å². The van der Waals surface area contributed by atoms with Crippen molar-refractivity contribution in [2.45, 2.75) is 6.18 Å². The molecule has 0 fully saturated rings. The van der Waals surface area contributed by atoms with Gasteiger partial charge in [0.1, 0.15) is 0 Å². The van der Waals surface area contributed by atoms with Crippen LogP contribution in [-0.2, 0) is 6.18 Å². The van der Waals surface area contributed by atoms with E-state index < -0.39 is 17.7 Å². The molecule has 0 heterocycles. The largest absolute Gasteiger partial charge is 0.478 e. The van der Waals surface area contributed by atoms with Crippen LogP contribution in [-0.4, -0.2) is 17.3 Å². The Bertz CT molecular complexity index is 740. The molecule has 0 radical (unpaired) electrons. The van der Waals surface area contributed by atoms with Gasteiger partial charge in [0.25, 0.3) is 0 Å². The summed E-state index contributed by atoms with van der Waals surface area (Å²) in [5.74, 6) is -1.13. The topological polar surface area (TPSA) is 75.7 Å². The fourth-order valence-corrected chi connectivity index (χ4v) is 1.73. The molecule has 4 nitrogen and oxygen atoms in total. The van der Waals surface area contributed by atoms with Gasteiger partial charge >= 0.3 is 12.1 Å². The lowest BCUT2D eigenvalue weighted by molar-refractivity contribution is -0.137. The van der Waals surface area contributed by atoms with Crippen LogP contribution in [0.15, 0.2) is 47.5 Å². The standard InChI is InChI=1S/C15H11F3N2O2/c16-15(17,18)11-2-1-3-12(7-11)20-8-10-6-9(14(21)22)4-5-13(10)19/h1-8H,19H2,(H,21,22). The lowest BCUT2D eigenvalue weighted by Crippen LogP contribution is -2.03. The first-order valence-electron chi connectivity index (χ1n) is 6.11. The number of hydrogen-bond acceptors (Lipinski definition) is 3. The smallest absolute Gasteiger partial charge is 0.416 e. The highest BCUT2D eigenvalue weighted by molar-refractivity contribution is 5.94. The number of benzene rings is 2. The van der Waals surface area contributed by atoms with E-state index in [-0.39, 0.29) is 16.9 Å². The van der Waals surface area contributed by atoms with E-state index in [1.54, 1.807) is 0 Å². The third-order valence-corrected chi connectivity index (χ3v) is 2.86. The molecule has 22 heavy (non-hydrogen) atoms. The first kappa shape index (κ1) is 15.6. The Morgan fingerprint density at radius 3 is 2.55 bits per heavy atom. The van der Waals surface area contributed by atoms with E-state index >= 15 is 0 Å². The fourth-order valence-electron chi connectivity index (χ4n) is 1.73. The predicted molar refractivity (Wildman–Crippen MR) is 76.5 cm³/mol. The summed E-state index contributed by atoms with van der Waals surface area (Å²) >= 11 is 0. The molecule has 0 saturated heterocycles. The molecule has 3 N–H and O–H groups in total. The van der Waals surface area contributed by atoms with Crippen molar-refractivity contribution in [3.63, 3.8) is 0 Å². The van der Waals surface area contributed by atoms with Crippen LogP contribution in [0.1, 0.15) is 21.5 Å². The number of halogens is 3. The number of nitrogens with two attached hydrogens (primary N) is 1. The molecular weight excluding hydrogens is 297 g/mol. The highest BCUT2D eigenvalue weighted by Crippen LogP contribution is 2.31. The summed E-state index contributed by atoms with van der Waals surface area (Å²) < 4.78 is 37.8. The maximum absolute atomic E-state index is 12.6. The average Bonchev–Trinajstić information content (AvgIpc) is 2.45. The van der Waals surface area contributed by atoms with E-state index in [1.807, 2.05) is 0 Å². The van der Waals surface area contributed by atoms with E-state index in [0.717, 1.165) is 12.1 Å². The molecular formula is C15H11F3N2O2. The second-order valence-corrected chi connectivity index (χ2v) is 4.46. The quantitative estimate of drug-likeness (QED) is 0.670. The summed E-state index contributed by atoms with van der Waals surface area (Å²) in [6.07, 6.45) is -3.22. The molecule has 7 heteroatoms. The summed E-state index contributed by atoms with van der Waals surface area (Å²) in [5.41, 5.74) is 5.58. The predicted octanol–water partition coefficient (Wildman–Crippen LogP) is 3.74. The van der Waals surface area contributed by atoms with Crippen LogP contribution in [0.25, 0.3) is 0 Å². The number of aliphatic imine (C=N–C) groups is 1. The average molecular weight is 308 g/mol. The van der Waals surface area contributed by atoms with Gasteiger partial charge in [-0.3, -0.25) is 4.99 Å². The van der Waals surface area contributed by atoms with Crippen molar-refractivity contribution in [1.29, 1.82) is 0 Å². The monoisotopic (exact) mass is 308 g/mol. The Labute approximate surface area is 123 Å². The van der Waals surface area contributed by atoms with Gasteiger partial charge in [0.2, 0.25) is 0 Å². The van der Waals surface area contributed by atoms with Gasteiger partial charge in [-0.1, -0.05) is 6.07 Å². The molecule has 0 aromatic heterocycles. The Morgan fingerprint density at radius 2 is 1.91 bits per heavy atom. The summed E-state index contributed by atoms with van der Waals surface area (Å²) in [6, 6.07) is 8.52. The minimum atomic E-state index is -4.45. The number of rotatable bonds is 3. The molecule has 0 aliphatic rings. The summed E-state index contributed by atoms with van der Waals surface area (Å²) in [7, 11) is 0. The van der Waals surface area contributed by atoms with Gasteiger partial charge < -0.3 is 10.8 Å². The molecule has 0 unspecified atom stereocenters. The van der Waals surface area contributed by atoms with Crippen LogP contribution >= 0.6 is 0 Å². The van der Waals surface area contributed by atoms with Crippen molar-refractivity contribution in [2.24, 2.45) is 4.99 Å². The van der Waals surface area contributed by atoms with E-state index in [2.05, 4.69) is 4.99 Å². The summed E-state index contributed by atoms with van der Waals surface area (Å²) in [4.78, 5) is 14.8. The molecule has 2 rings (SSSR count). The normalized spacial score (nSPS) is 11.8. The number of anilines is 1. The number of carbonyl (C=O) groups is 1. The van der Waals surface area contributed by atoms with Gasteiger partial charge in [-0.15, -0.1) is 0 Å². The Hall–Kier alpha value is -2.83. The molecule has 0 saturated carbocycles. The van der Waals surface area contributed by atoms with Gasteiger partial charge in [-0.25, -0.2) is 4.79 Å². The van der Waals surface area contributed by atoms with Gasteiger partial charge in [-0.2, -0.15) is 13.2 Å². The molecule has 0 spiro atoms. The van der Waals surface area contributed by atoms with Crippen molar-refractivity contribution in [3.8, 4) is 0 Å². The van der Waals surface area contributed by atoms with E-state index in [1.165, 1.54) is 36.5 Å². The Morgan fingerprint density at radius 1 is 1.18 bits per heavy atom. The maximum Gasteiger partial charge on any atom is 0.416 e. The summed E-state index contributed by atoms with van der Waals surface area (Å²) in [5, 5.41) is 8.90. The second kappa shape index (κ2) is 5.88. The second-order valence-electron chi connectivity index (χ2n) is 4.46. The third-order valence-electron chi connectivity index (χ3n) is 2.86. The number of aromatic carboxylic acids is 1. The van der Waals surface area contributed by atoms with Gasteiger partial charge in [0, 0.05) is 17.5 Å². The zero-order chi connectivity index (χ0) is 16.3. The van der Waals surface area contributed by atoms with Crippen LogP contribution in [0.2, 0.25) is 0 Å². The Kier molecular flexibility index (Phi) is 4.16.